The first kappa shape index (κ1) is 14.7. The summed E-state index contributed by atoms with van der Waals surface area (Å²) in [6.45, 7) is 0. The average molecular weight is 258 g/mol. The van der Waals surface area contributed by atoms with Crippen LogP contribution in [0, 0.1) is 0 Å². The molecule has 0 unspecified atom stereocenters. The van der Waals surface area contributed by atoms with Crippen molar-refractivity contribution in [3.05, 3.63) is 60.7 Å². The van der Waals surface area contributed by atoms with Crippen LogP contribution >= 0.6 is 0 Å². The molecule has 2 N–H and O–H groups in total. The molecule has 2 aromatic carbocycles. The summed E-state index contributed by atoms with van der Waals surface area (Å²) in [7, 11) is 3.75. The van der Waals surface area contributed by atoms with Crippen molar-refractivity contribution in [2.24, 2.45) is 0 Å². The third-order valence-corrected chi connectivity index (χ3v) is 2.22. The van der Waals surface area contributed by atoms with E-state index in [4.69, 9.17) is 0 Å². The predicted molar refractivity (Wildman–Crippen MR) is 78.0 cm³/mol. The summed E-state index contributed by atoms with van der Waals surface area (Å²) in [6.07, 6.45) is -0.989. The van der Waals surface area contributed by atoms with Crippen LogP contribution in [0.1, 0.15) is 0 Å². The number of amides is 1. The Morgan fingerprint density at radius 3 is 1.47 bits per heavy atom. The van der Waals surface area contributed by atoms with E-state index in [2.05, 4.69) is 5.32 Å². The number of carboxylic acid groups (broad SMARTS) is 1. The van der Waals surface area contributed by atoms with Crippen molar-refractivity contribution in [1.29, 1.82) is 0 Å². The summed E-state index contributed by atoms with van der Waals surface area (Å²) in [5.74, 6) is 0. The van der Waals surface area contributed by atoms with E-state index in [-0.39, 0.29) is 0 Å². The Balaban J connectivity index is 0.000000550. The topological polar surface area (TPSA) is 52.6 Å². The van der Waals surface area contributed by atoms with Gasteiger partial charge in [0.05, 0.1) is 11.4 Å². The van der Waals surface area contributed by atoms with Crippen molar-refractivity contribution in [3.8, 4) is 0 Å². The standard InChI is InChI=1S/C13H11NO2.C2H7N/c15-13(16)14(11-7-3-1-4-8-11)12-9-5-2-6-10-12;1-3-2/h1-10H,(H,15,16);3H,1-2H3. The number of nitrogens with zero attached hydrogens (tertiary/aromatic N) is 1. The van der Waals surface area contributed by atoms with Crippen LogP contribution in [0.15, 0.2) is 60.7 Å². The van der Waals surface area contributed by atoms with Crippen LogP contribution < -0.4 is 10.2 Å². The molecule has 100 valence electrons. The Bertz CT molecular complexity index is 447. The van der Waals surface area contributed by atoms with Crippen molar-refractivity contribution >= 4 is 17.5 Å². The van der Waals surface area contributed by atoms with Gasteiger partial charge in [-0.05, 0) is 38.4 Å². The maximum absolute atomic E-state index is 11.2. The second-order valence-electron chi connectivity index (χ2n) is 3.79. The molecule has 0 aromatic heterocycles. The van der Waals surface area contributed by atoms with Crippen LogP contribution in [-0.4, -0.2) is 25.3 Å². The fourth-order valence-electron chi connectivity index (χ4n) is 1.52. The number of anilines is 2. The highest BCUT2D eigenvalue weighted by Crippen LogP contribution is 2.24. The molecule has 19 heavy (non-hydrogen) atoms. The molecule has 0 saturated heterocycles. The third-order valence-electron chi connectivity index (χ3n) is 2.22. The average Bonchev–Trinajstić information content (AvgIpc) is 2.42. The van der Waals surface area contributed by atoms with E-state index in [1.54, 1.807) is 24.3 Å². The largest absolute Gasteiger partial charge is 0.464 e. The molecule has 0 heterocycles. The van der Waals surface area contributed by atoms with Gasteiger partial charge in [-0.1, -0.05) is 36.4 Å². The van der Waals surface area contributed by atoms with Gasteiger partial charge >= 0.3 is 6.09 Å². The molecule has 0 radical (unpaired) electrons. The SMILES string of the molecule is CNC.O=C(O)N(c1ccccc1)c1ccccc1. The summed E-state index contributed by atoms with van der Waals surface area (Å²) in [6, 6.07) is 18.0. The van der Waals surface area contributed by atoms with Gasteiger partial charge in [-0.25, -0.2) is 9.69 Å². The zero-order chi connectivity index (χ0) is 14.1. The van der Waals surface area contributed by atoms with Crippen molar-refractivity contribution in [2.75, 3.05) is 19.0 Å². The molecule has 4 nitrogen and oxygen atoms in total. The van der Waals surface area contributed by atoms with E-state index < -0.39 is 6.09 Å². The first-order valence-corrected chi connectivity index (χ1v) is 5.92. The van der Waals surface area contributed by atoms with Gasteiger partial charge in [-0.15, -0.1) is 0 Å². The second kappa shape index (κ2) is 7.89. The second-order valence-corrected chi connectivity index (χ2v) is 3.79. The molecular weight excluding hydrogens is 240 g/mol. The molecule has 0 spiro atoms. The van der Waals surface area contributed by atoms with Crippen molar-refractivity contribution in [3.63, 3.8) is 0 Å². The Labute approximate surface area is 113 Å². The maximum Gasteiger partial charge on any atom is 0.416 e. The van der Waals surface area contributed by atoms with Crippen molar-refractivity contribution in [1.82, 2.24) is 5.32 Å². The third kappa shape index (κ3) is 4.44. The van der Waals surface area contributed by atoms with Gasteiger partial charge in [0.25, 0.3) is 0 Å². The number of benzene rings is 2. The van der Waals surface area contributed by atoms with E-state index in [1.807, 2.05) is 50.5 Å². The lowest BCUT2D eigenvalue weighted by Crippen LogP contribution is -2.23. The molecule has 0 aliphatic rings. The smallest absolute Gasteiger partial charge is 0.416 e. The maximum atomic E-state index is 11.2. The molecule has 0 saturated carbocycles. The van der Waals surface area contributed by atoms with E-state index >= 15 is 0 Å². The lowest BCUT2D eigenvalue weighted by atomic mass is 10.2. The van der Waals surface area contributed by atoms with E-state index in [9.17, 15) is 9.90 Å². The molecular formula is C15H18N2O2. The number of para-hydroxylation sites is 2. The van der Waals surface area contributed by atoms with Gasteiger partial charge in [0, 0.05) is 0 Å². The summed E-state index contributed by atoms with van der Waals surface area (Å²) >= 11 is 0. The molecule has 0 aliphatic heterocycles. The number of hydrogen-bond acceptors (Lipinski definition) is 2. The minimum absolute atomic E-state index is 0.640. The molecule has 1 amide bonds. The minimum atomic E-state index is -0.989. The van der Waals surface area contributed by atoms with Crippen LogP contribution in [0.2, 0.25) is 0 Å². The summed E-state index contributed by atoms with van der Waals surface area (Å²) in [5.41, 5.74) is 1.28. The highest BCUT2D eigenvalue weighted by Gasteiger charge is 2.15. The van der Waals surface area contributed by atoms with Crippen LogP contribution in [-0.2, 0) is 0 Å². The zero-order valence-corrected chi connectivity index (χ0v) is 11.1. The molecule has 0 bridgehead atoms. The number of hydrogen-bond donors (Lipinski definition) is 2. The van der Waals surface area contributed by atoms with Crippen LogP contribution in [0.5, 0.6) is 0 Å². The lowest BCUT2D eigenvalue weighted by Gasteiger charge is -2.18. The number of rotatable bonds is 2. The Kier molecular flexibility index (Phi) is 6.12. The zero-order valence-electron chi connectivity index (χ0n) is 11.1. The van der Waals surface area contributed by atoms with E-state index in [0.29, 0.717) is 11.4 Å². The normalized spacial score (nSPS) is 9.16. The molecule has 2 aromatic rings. The van der Waals surface area contributed by atoms with E-state index in [1.165, 1.54) is 4.90 Å². The quantitative estimate of drug-likeness (QED) is 0.868. The number of nitrogens with one attached hydrogen (secondary N) is 1. The fraction of sp³-hybridized carbons (Fsp3) is 0.133. The molecule has 4 heteroatoms. The summed E-state index contributed by atoms with van der Waals surface area (Å²) in [4.78, 5) is 12.5. The molecule has 0 atom stereocenters. The molecule has 2 rings (SSSR count). The van der Waals surface area contributed by atoms with E-state index in [0.717, 1.165) is 0 Å². The van der Waals surface area contributed by atoms with Crippen molar-refractivity contribution < 1.29 is 9.90 Å². The minimum Gasteiger partial charge on any atom is -0.464 e. The van der Waals surface area contributed by atoms with Crippen LogP contribution in [0.25, 0.3) is 0 Å². The van der Waals surface area contributed by atoms with Crippen LogP contribution in [0.4, 0.5) is 16.2 Å². The summed E-state index contributed by atoms with van der Waals surface area (Å²) in [5, 5.41) is 12.0. The van der Waals surface area contributed by atoms with Gasteiger partial charge < -0.3 is 10.4 Å². The van der Waals surface area contributed by atoms with Gasteiger partial charge in [0.1, 0.15) is 0 Å². The molecule has 0 aliphatic carbocycles. The van der Waals surface area contributed by atoms with Crippen LogP contribution in [0.3, 0.4) is 0 Å². The molecule has 0 fully saturated rings. The van der Waals surface area contributed by atoms with Crippen molar-refractivity contribution in [2.45, 2.75) is 0 Å². The number of carbonyl (C=O) groups is 1. The Hall–Kier alpha value is -2.33. The lowest BCUT2D eigenvalue weighted by molar-refractivity contribution is 0.205. The first-order chi connectivity index (χ1) is 9.20. The van der Waals surface area contributed by atoms with Gasteiger partial charge in [-0.2, -0.15) is 0 Å². The highest BCUT2D eigenvalue weighted by molar-refractivity contribution is 5.94. The fourth-order valence-corrected chi connectivity index (χ4v) is 1.52. The Morgan fingerprint density at radius 1 is 0.895 bits per heavy atom. The van der Waals surface area contributed by atoms with Gasteiger partial charge in [-0.3, -0.25) is 0 Å². The van der Waals surface area contributed by atoms with Gasteiger partial charge in [0.2, 0.25) is 0 Å². The monoisotopic (exact) mass is 258 g/mol. The Morgan fingerprint density at radius 2 is 1.21 bits per heavy atom. The predicted octanol–water partition coefficient (Wildman–Crippen LogP) is 3.34. The first-order valence-electron chi connectivity index (χ1n) is 5.92. The highest BCUT2D eigenvalue weighted by atomic mass is 16.4. The summed E-state index contributed by atoms with van der Waals surface area (Å²) < 4.78 is 0. The van der Waals surface area contributed by atoms with Gasteiger partial charge in [0.15, 0.2) is 0 Å².